The molecule has 3 rings (SSSR count). The average Bonchev–Trinajstić information content (AvgIpc) is 3.09. The molecule has 2 aromatic rings. The lowest BCUT2D eigenvalue weighted by Gasteiger charge is -2.27. The van der Waals surface area contributed by atoms with Gasteiger partial charge in [0.15, 0.2) is 0 Å². The van der Waals surface area contributed by atoms with Crippen LogP contribution in [0.15, 0.2) is 6.07 Å². The minimum absolute atomic E-state index is 0.376. The molecule has 0 saturated carbocycles. The van der Waals surface area contributed by atoms with Crippen LogP contribution in [-0.4, -0.2) is 45.9 Å². The minimum Gasteiger partial charge on any atom is -0.378 e. The van der Waals surface area contributed by atoms with Crippen LogP contribution in [0.5, 0.6) is 0 Å². The lowest BCUT2D eigenvalue weighted by atomic mass is 10.1. The first-order valence-electron chi connectivity index (χ1n) is 8.43. The van der Waals surface area contributed by atoms with E-state index in [-0.39, 0.29) is 0 Å². The predicted octanol–water partition coefficient (Wildman–Crippen LogP) is 2.46. The summed E-state index contributed by atoms with van der Waals surface area (Å²) in [6.45, 7) is 10.2. The molecule has 8 heteroatoms. The lowest BCUT2D eigenvalue weighted by molar-refractivity contribution is 0.122. The highest BCUT2D eigenvalue weighted by atomic mass is 32.1. The molecule has 0 aromatic carbocycles. The SMILES string of the molecule is CCc1cc(NCc2snnc2C(C)C)nc(N2CCOCC2)n1. The van der Waals surface area contributed by atoms with Gasteiger partial charge in [0.1, 0.15) is 5.82 Å². The highest BCUT2D eigenvalue weighted by Gasteiger charge is 2.16. The molecule has 2 aromatic heterocycles. The zero-order valence-corrected chi connectivity index (χ0v) is 15.3. The van der Waals surface area contributed by atoms with Crippen LogP contribution in [0.3, 0.4) is 0 Å². The third-order valence-electron chi connectivity index (χ3n) is 3.99. The van der Waals surface area contributed by atoms with Gasteiger partial charge in [-0.15, -0.1) is 5.10 Å². The zero-order valence-electron chi connectivity index (χ0n) is 14.4. The molecule has 0 amide bonds. The van der Waals surface area contributed by atoms with E-state index in [0.29, 0.717) is 12.5 Å². The lowest BCUT2D eigenvalue weighted by Crippen LogP contribution is -2.37. The second-order valence-corrected chi connectivity index (χ2v) is 6.93. The van der Waals surface area contributed by atoms with E-state index in [1.165, 1.54) is 11.5 Å². The van der Waals surface area contributed by atoms with Gasteiger partial charge in [-0.25, -0.2) is 4.98 Å². The molecule has 1 saturated heterocycles. The maximum Gasteiger partial charge on any atom is 0.227 e. The molecule has 1 fully saturated rings. The maximum absolute atomic E-state index is 5.41. The van der Waals surface area contributed by atoms with E-state index < -0.39 is 0 Å². The Morgan fingerprint density at radius 3 is 2.79 bits per heavy atom. The first kappa shape index (κ1) is 17.0. The van der Waals surface area contributed by atoms with Gasteiger partial charge in [-0.05, 0) is 23.9 Å². The number of aryl methyl sites for hydroxylation is 1. The molecular weight excluding hydrogens is 324 g/mol. The highest BCUT2D eigenvalue weighted by Crippen LogP contribution is 2.22. The van der Waals surface area contributed by atoms with Crippen LogP contribution >= 0.6 is 11.5 Å². The summed E-state index contributed by atoms with van der Waals surface area (Å²) in [5, 5.41) is 7.64. The Balaban J connectivity index is 1.75. The van der Waals surface area contributed by atoms with Crippen LogP contribution in [-0.2, 0) is 17.7 Å². The fourth-order valence-corrected chi connectivity index (χ4v) is 3.34. The van der Waals surface area contributed by atoms with E-state index in [0.717, 1.165) is 60.8 Å². The number of nitrogens with zero attached hydrogens (tertiary/aromatic N) is 5. The molecule has 1 aliphatic rings. The number of nitrogens with one attached hydrogen (secondary N) is 1. The van der Waals surface area contributed by atoms with Crippen LogP contribution in [0.1, 0.15) is 43.0 Å². The van der Waals surface area contributed by atoms with Crippen LogP contribution in [0.25, 0.3) is 0 Å². The van der Waals surface area contributed by atoms with Crippen molar-refractivity contribution in [2.24, 2.45) is 0 Å². The Labute approximate surface area is 146 Å². The molecule has 0 unspecified atom stereocenters. The summed E-state index contributed by atoms with van der Waals surface area (Å²) in [4.78, 5) is 12.7. The van der Waals surface area contributed by atoms with E-state index in [1.807, 2.05) is 6.07 Å². The highest BCUT2D eigenvalue weighted by molar-refractivity contribution is 7.05. The molecule has 7 nitrogen and oxygen atoms in total. The van der Waals surface area contributed by atoms with Crippen molar-refractivity contribution in [2.75, 3.05) is 36.5 Å². The van der Waals surface area contributed by atoms with Gasteiger partial charge in [-0.3, -0.25) is 0 Å². The minimum atomic E-state index is 0.376. The summed E-state index contributed by atoms with van der Waals surface area (Å²) in [6, 6.07) is 2.02. The summed E-state index contributed by atoms with van der Waals surface area (Å²) in [6.07, 6.45) is 0.883. The van der Waals surface area contributed by atoms with Crippen LogP contribution in [0.2, 0.25) is 0 Å². The Morgan fingerprint density at radius 2 is 2.08 bits per heavy atom. The van der Waals surface area contributed by atoms with Crippen LogP contribution in [0.4, 0.5) is 11.8 Å². The zero-order chi connectivity index (χ0) is 16.9. The van der Waals surface area contributed by atoms with Gasteiger partial charge in [0, 0.05) is 24.8 Å². The number of rotatable bonds is 6. The van der Waals surface area contributed by atoms with Crippen molar-refractivity contribution in [3.63, 3.8) is 0 Å². The maximum atomic E-state index is 5.41. The van der Waals surface area contributed by atoms with Crippen molar-refractivity contribution < 1.29 is 4.74 Å². The average molecular weight is 348 g/mol. The van der Waals surface area contributed by atoms with E-state index in [4.69, 9.17) is 9.72 Å². The Kier molecular flexibility index (Phi) is 5.57. The van der Waals surface area contributed by atoms with Gasteiger partial charge in [0.2, 0.25) is 5.95 Å². The van der Waals surface area contributed by atoms with Crippen LogP contribution in [0, 0.1) is 0 Å². The normalized spacial score (nSPS) is 15.1. The Hall–Kier alpha value is -1.80. The monoisotopic (exact) mass is 348 g/mol. The van der Waals surface area contributed by atoms with E-state index in [9.17, 15) is 0 Å². The van der Waals surface area contributed by atoms with Crippen molar-refractivity contribution >= 4 is 23.3 Å². The molecule has 0 atom stereocenters. The van der Waals surface area contributed by atoms with Gasteiger partial charge in [-0.1, -0.05) is 25.3 Å². The van der Waals surface area contributed by atoms with E-state index in [1.54, 1.807) is 0 Å². The molecule has 0 aliphatic carbocycles. The summed E-state index contributed by atoms with van der Waals surface area (Å²) >= 11 is 1.45. The summed E-state index contributed by atoms with van der Waals surface area (Å²) in [7, 11) is 0. The van der Waals surface area contributed by atoms with E-state index in [2.05, 4.69) is 45.6 Å². The van der Waals surface area contributed by atoms with Crippen LogP contribution < -0.4 is 10.2 Å². The number of hydrogen-bond acceptors (Lipinski definition) is 8. The smallest absolute Gasteiger partial charge is 0.227 e. The third kappa shape index (κ3) is 3.99. The first-order valence-corrected chi connectivity index (χ1v) is 9.20. The fourth-order valence-electron chi connectivity index (χ4n) is 2.61. The van der Waals surface area contributed by atoms with Gasteiger partial charge in [-0.2, -0.15) is 4.98 Å². The van der Waals surface area contributed by atoms with Crippen molar-refractivity contribution in [3.8, 4) is 0 Å². The number of ether oxygens (including phenoxy) is 1. The first-order chi connectivity index (χ1) is 11.7. The number of hydrogen-bond donors (Lipinski definition) is 1. The van der Waals surface area contributed by atoms with Crippen molar-refractivity contribution in [2.45, 2.75) is 39.7 Å². The largest absolute Gasteiger partial charge is 0.378 e. The topological polar surface area (TPSA) is 76.1 Å². The molecule has 3 heterocycles. The third-order valence-corrected chi connectivity index (χ3v) is 4.72. The quantitative estimate of drug-likeness (QED) is 0.859. The molecule has 0 radical (unpaired) electrons. The Morgan fingerprint density at radius 1 is 1.29 bits per heavy atom. The standard InChI is InChI=1S/C16H24N6OS/c1-4-12-9-14(17-10-13-15(11(2)3)20-21-24-13)19-16(18-12)22-5-7-23-8-6-22/h9,11H,4-8,10H2,1-3H3,(H,17,18,19). The predicted molar refractivity (Wildman–Crippen MR) is 95.8 cm³/mol. The summed E-state index contributed by atoms with van der Waals surface area (Å²) in [5.41, 5.74) is 2.10. The number of anilines is 2. The second kappa shape index (κ2) is 7.85. The Bertz CT molecular complexity index is 668. The molecule has 130 valence electrons. The molecule has 0 spiro atoms. The second-order valence-electron chi connectivity index (χ2n) is 6.09. The van der Waals surface area contributed by atoms with Crippen molar-refractivity contribution in [1.82, 2.24) is 19.6 Å². The van der Waals surface area contributed by atoms with E-state index >= 15 is 0 Å². The molecule has 24 heavy (non-hydrogen) atoms. The van der Waals surface area contributed by atoms with Crippen molar-refractivity contribution in [3.05, 3.63) is 22.3 Å². The van der Waals surface area contributed by atoms with Gasteiger partial charge in [0.05, 0.1) is 30.3 Å². The van der Waals surface area contributed by atoms with Crippen molar-refractivity contribution in [1.29, 1.82) is 0 Å². The summed E-state index contributed by atoms with van der Waals surface area (Å²) in [5.74, 6) is 2.01. The van der Waals surface area contributed by atoms with Gasteiger partial charge in [0.25, 0.3) is 0 Å². The summed E-state index contributed by atoms with van der Waals surface area (Å²) < 4.78 is 9.49. The molecule has 0 bridgehead atoms. The van der Waals surface area contributed by atoms with Gasteiger partial charge < -0.3 is 15.0 Å². The van der Waals surface area contributed by atoms with Gasteiger partial charge >= 0.3 is 0 Å². The molecule has 1 aliphatic heterocycles. The molecule has 1 N–H and O–H groups in total. The number of aromatic nitrogens is 4. The molecular formula is C16H24N6OS. The fraction of sp³-hybridized carbons (Fsp3) is 0.625. The number of morpholine rings is 1.